The highest BCUT2D eigenvalue weighted by molar-refractivity contribution is 7.92. The molecule has 0 atom stereocenters. The number of fused-ring (bicyclic) bond motifs is 1. The number of para-hydroxylation sites is 1. The zero-order valence-electron chi connectivity index (χ0n) is 11.4. The van der Waals surface area contributed by atoms with Gasteiger partial charge in [-0.3, -0.25) is 4.79 Å². The summed E-state index contributed by atoms with van der Waals surface area (Å²) in [6, 6.07) is 7.66. The lowest BCUT2D eigenvalue weighted by atomic mass is 10.0. The van der Waals surface area contributed by atoms with Crippen molar-refractivity contribution in [3.63, 3.8) is 0 Å². The molecule has 0 saturated carbocycles. The normalized spacial score (nSPS) is 14.9. The summed E-state index contributed by atoms with van der Waals surface area (Å²) >= 11 is 0. The van der Waals surface area contributed by atoms with Crippen LogP contribution < -0.4 is 10.6 Å². The Morgan fingerprint density at radius 1 is 1.30 bits per heavy atom. The van der Waals surface area contributed by atoms with Crippen LogP contribution in [0.3, 0.4) is 0 Å². The summed E-state index contributed by atoms with van der Waals surface area (Å²) in [6.07, 6.45) is 2.19. The minimum atomic E-state index is -3.37. The van der Waals surface area contributed by atoms with Gasteiger partial charge in [0.25, 0.3) is 0 Å². The van der Waals surface area contributed by atoms with Crippen molar-refractivity contribution in [1.82, 2.24) is 0 Å². The van der Waals surface area contributed by atoms with E-state index in [9.17, 15) is 13.2 Å². The first-order chi connectivity index (χ1) is 9.53. The van der Waals surface area contributed by atoms with Gasteiger partial charge in [-0.15, -0.1) is 0 Å². The standard InChI is InChI=1S/C14H20N2O3S/c15-8-4-10-20(18,19)11-14(17)16-9-3-6-12-5-1-2-7-13(12)16/h1-2,5,7H,3-4,6,8-11,15H2. The summed E-state index contributed by atoms with van der Waals surface area (Å²) in [5.74, 6) is -0.791. The molecule has 1 amide bonds. The third-order valence-electron chi connectivity index (χ3n) is 3.41. The fourth-order valence-electron chi connectivity index (χ4n) is 2.43. The number of anilines is 1. The molecule has 0 aliphatic carbocycles. The van der Waals surface area contributed by atoms with E-state index in [0.29, 0.717) is 19.5 Å². The van der Waals surface area contributed by atoms with Gasteiger partial charge in [0.2, 0.25) is 5.91 Å². The lowest BCUT2D eigenvalue weighted by Crippen LogP contribution is -2.39. The van der Waals surface area contributed by atoms with E-state index in [-0.39, 0.29) is 11.7 Å². The van der Waals surface area contributed by atoms with Gasteiger partial charge in [-0.2, -0.15) is 0 Å². The van der Waals surface area contributed by atoms with Crippen LogP contribution in [0.15, 0.2) is 24.3 Å². The predicted molar refractivity (Wildman–Crippen MR) is 79.4 cm³/mol. The van der Waals surface area contributed by atoms with Crippen molar-refractivity contribution in [1.29, 1.82) is 0 Å². The Labute approximate surface area is 119 Å². The van der Waals surface area contributed by atoms with Crippen LogP contribution in [0.4, 0.5) is 5.69 Å². The monoisotopic (exact) mass is 296 g/mol. The SMILES string of the molecule is NCCCS(=O)(=O)CC(=O)N1CCCc2ccccc21. The number of hydrogen-bond donors (Lipinski definition) is 1. The Balaban J connectivity index is 2.11. The molecule has 0 spiro atoms. The Hall–Kier alpha value is -1.40. The minimum absolute atomic E-state index is 0.0231. The minimum Gasteiger partial charge on any atom is -0.330 e. The van der Waals surface area contributed by atoms with E-state index < -0.39 is 15.6 Å². The molecule has 20 heavy (non-hydrogen) atoms. The summed E-state index contributed by atoms with van der Waals surface area (Å²) in [6.45, 7) is 0.905. The number of nitrogens with two attached hydrogens (primary N) is 1. The van der Waals surface area contributed by atoms with Crippen molar-refractivity contribution in [3.05, 3.63) is 29.8 Å². The first-order valence-electron chi connectivity index (χ1n) is 6.82. The number of sulfone groups is 1. The molecule has 0 saturated heterocycles. The first-order valence-corrected chi connectivity index (χ1v) is 8.64. The number of rotatable bonds is 5. The maximum absolute atomic E-state index is 12.3. The van der Waals surface area contributed by atoms with E-state index in [2.05, 4.69) is 0 Å². The number of hydrogen-bond acceptors (Lipinski definition) is 4. The van der Waals surface area contributed by atoms with Crippen molar-refractivity contribution >= 4 is 21.4 Å². The zero-order chi connectivity index (χ0) is 14.6. The molecule has 1 aromatic carbocycles. The molecule has 2 rings (SSSR count). The number of carbonyl (C=O) groups excluding carboxylic acids is 1. The zero-order valence-corrected chi connectivity index (χ0v) is 12.2. The molecule has 0 aromatic heterocycles. The largest absolute Gasteiger partial charge is 0.330 e. The lowest BCUT2D eigenvalue weighted by molar-refractivity contribution is -0.116. The summed E-state index contributed by atoms with van der Waals surface area (Å²) < 4.78 is 23.7. The molecule has 1 aliphatic heterocycles. The summed E-state index contributed by atoms with van der Waals surface area (Å²) in [5, 5.41) is 0. The van der Waals surface area contributed by atoms with Crippen LogP contribution in [0.5, 0.6) is 0 Å². The number of carbonyl (C=O) groups is 1. The van der Waals surface area contributed by atoms with Crippen LogP contribution in [0.1, 0.15) is 18.4 Å². The maximum atomic E-state index is 12.3. The second-order valence-corrected chi connectivity index (χ2v) is 7.20. The Morgan fingerprint density at radius 3 is 2.80 bits per heavy atom. The van der Waals surface area contributed by atoms with Crippen LogP contribution in [0.25, 0.3) is 0 Å². The van der Waals surface area contributed by atoms with E-state index in [1.54, 1.807) is 4.90 Å². The molecule has 2 N–H and O–H groups in total. The summed E-state index contributed by atoms with van der Waals surface area (Å²) in [5.41, 5.74) is 7.26. The van der Waals surface area contributed by atoms with Crippen LogP contribution in [-0.4, -0.2) is 38.9 Å². The fraction of sp³-hybridized carbons (Fsp3) is 0.500. The van der Waals surface area contributed by atoms with Gasteiger partial charge >= 0.3 is 0 Å². The number of aryl methyl sites for hydroxylation is 1. The second-order valence-electron chi connectivity index (χ2n) is 5.01. The van der Waals surface area contributed by atoms with E-state index in [0.717, 1.165) is 24.1 Å². The van der Waals surface area contributed by atoms with Crippen LogP contribution >= 0.6 is 0 Å². The third-order valence-corrected chi connectivity index (χ3v) is 5.01. The van der Waals surface area contributed by atoms with Crippen molar-refractivity contribution in [2.24, 2.45) is 5.73 Å². The molecule has 0 unspecified atom stereocenters. The number of benzene rings is 1. The Kier molecular flexibility index (Phi) is 4.77. The third kappa shape index (κ3) is 3.58. The van der Waals surface area contributed by atoms with Gasteiger partial charge in [0.05, 0.1) is 5.75 Å². The first kappa shape index (κ1) is 15.0. The van der Waals surface area contributed by atoms with E-state index in [4.69, 9.17) is 5.73 Å². The van der Waals surface area contributed by atoms with Gasteiger partial charge in [-0.05, 0) is 37.4 Å². The Morgan fingerprint density at radius 2 is 2.05 bits per heavy atom. The fourth-order valence-corrected chi connectivity index (χ4v) is 3.72. The molecular weight excluding hydrogens is 276 g/mol. The van der Waals surface area contributed by atoms with Crippen molar-refractivity contribution < 1.29 is 13.2 Å². The molecule has 0 fully saturated rings. The average molecular weight is 296 g/mol. The smallest absolute Gasteiger partial charge is 0.242 e. The lowest BCUT2D eigenvalue weighted by Gasteiger charge is -2.29. The molecular formula is C14H20N2O3S. The molecule has 0 bridgehead atoms. The van der Waals surface area contributed by atoms with Gasteiger partial charge in [-0.25, -0.2) is 8.42 Å². The average Bonchev–Trinajstić information content (AvgIpc) is 2.44. The summed E-state index contributed by atoms with van der Waals surface area (Å²) in [4.78, 5) is 13.9. The highest BCUT2D eigenvalue weighted by Crippen LogP contribution is 2.26. The van der Waals surface area contributed by atoms with Crippen molar-refractivity contribution in [3.8, 4) is 0 Å². The number of nitrogens with zero attached hydrogens (tertiary/aromatic N) is 1. The topological polar surface area (TPSA) is 80.5 Å². The molecule has 6 heteroatoms. The molecule has 1 aromatic rings. The second kappa shape index (κ2) is 6.37. The Bertz CT molecular complexity index is 584. The van der Waals surface area contributed by atoms with Gasteiger partial charge in [0.1, 0.15) is 5.75 Å². The van der Waals surface area contributed by atoms with Gasteiger partial charge in [-0.1, -0.05) is 18.2 Å². The quantitative estimate of drug-likeness (QED) is 0.868. The molecule has 1 aliphatic rings. The van der Waals surface area contributed by atoms with Gasteiger partial charge in [0, 0.05) is 12.2 Å². The van der Waals surface area contributed by atoms with Crippen molar-refractivity contribution in [2.45, 2.75) is 19.3 Å². The van der Waals surface area contributed by atoms with Gasteiger partial charge < -0.3 is 10.6 Å². The highest BCUT2D eigenvalue weighted by Gasteiger charge is 2.26. The van der Waals surface area contributed by atoms with Crippen LogP contribution in [-0.2, 0) is 21.1 Å². The maximum Gasteiger partial charge on any atom is 0.242 e. The van der Waals surface area contributed by atoms with E-state index in [1.165, 1.54) is 0 Å². The summed E-state index contributed by atoms with van der Waals surface area (Å²) in [7, 11) is -3.37. The van der Waals surface area contributed by atoms with E-state index in [1.807, 2.05) is 24.3 Å². The molecule has 110 valence electrons. The van der Waals surface area contributed by atoms with Gasteiger partial charge in [0.15, 0.2) is 9.84 Å². The van der Waals surface area contributed by atoms with Crippen LogP contribution in [0.2, 0.25) is 0 Å². The van der Waals surface area contributed by atoms with E-state index >= 15 is 0 Å². The molecule has 0 radical (unpaired) electrons. The molecule has 5 nitrogen and oxygen atoms in total. The van der Waals surface area contributed by atoms with Crippen LogP contribution in [0, 0.1) is 0 Å². The number of amides is 1. The van der Waals surface area contributed by atoms with Crippen molar-refractivity contribution in [2.75, 3.05) is 29.5 Å². The highest BCUT2D eigenvalue weighted by atomic mass is 32.2. The molecule has 1 heterocycles. The predicted octanol–water partition coefficient (Wildman–Crippen LogP) is 0.729.